The Balaban J connectivity index is 2.51. The van der Waals surface area contributed by atoms with Gasteiger partial charge in [-0.25, -0.2) is 13.1 Å². The highest BCUT2D eigenvalue weighted by molar-refractivity contribution is 9.10. The fraction of sp³-hybridized carbons (Fsp3) is 0.400. The van der Waals surface area contributed by atoms with E-state index < -0.39 is 10.0 Å². The lowest BCUT2D eigenvalue weighted by atomic mass is 10.4. The van der Waals surface area contributed by atoms with Crippen molar-refractivity contribution in [2.75, 3.05) is 25.1 Å². The van der Waals surface area contributed by atoms with Gasteiger partial charge in [0.15, 0.2) is 0 Å². The molecule has 1 aromatic rings. The molecular weight excluding hydrogens is 374 g/mol. The summed E-state index contributed by atoms with van der Waals surface area (Å²) in [6, 6.07) is 6.56. The maximum Gasteiger partial charge on any atom is 0.240 e. The summed E-state index contributed by atoms with van der Waals surface area (Å²) >= 11 is 6.45. The smallest absolute Gasteiger partial charge is 0.240 e. The van der Waals surface area contributed by atoms with Gasteiger partial charge in [-0.3, -0.25) is 0 Å². The van der Waals surface area contributed by atoms with Gasteiger partial charge in [0.1, 0.15) is 0 Å². The highest BCUT2D eigenvalue weighted by atomic mass is 79.9. The second-order valence-corrected chi connectivity index (χ2v) is 6.63. The molecule has 1 aromatic carbocycles. The molecule has 4 nitrogen and oxygen atoms in total. The Bertz CT molecular complexity index is 451. The first kappa shape index (κ1) is 15.1. The van der Waals surface area contributed by atoms with Crippen LogP contribution in [0, 0.1) is 0 Å². The molecule has 0 unspecified atom stereocenters. The summed E-state index contributed by atoms with van der Waals surface area (Å²) in [6.07, 6.45) is 0. The van der Waals surface area contributed by atoms with Gasteiger partial charge in [0.2, 0.25) is 10.0 Å². The Morgan fingerprint density at radius 3 is 2.71 bits per heavy atom. The molecule has 7 heteroatoms. The molecule has 0 radical (unpaired) electrons. The van der Waals surface area contributed by atoms with Crippen molar-refractivity contribution in [3.63, 3.8) is 0 Å². The molecule has 1 N–H and O–H groups in total. The van der Waals surface area contributed by atoms with E-state index in [9.17, 15) is 8.42 Å². The maximum atomic E-state index is 11.8. The van der Waals surface area contributed by atoms with Crippen molar-refractivity contribution in [1.82, 2.24) is 4.72 Å². The van der Waals surface area contributed by atoms with Crippen LogP contribution in [0.5, 0.6) is 0 Å². The third kappa shape index (κ3) is 5.48. The topological polar surface area (TPSA) is 55.4 Å². The monoisotopic (exact) mass is 385 g/mol. The van der Waals surface area contributed by atoms with Crippen LogP contribution in [0.3, 0.4) is 0 Å². The highest BCUT2D eigenvalue weighted by Gasteiger charge is 2.12. The van der Waals surface area contributed by atoms with E-state index in [2.05, 4.69) is 36.6 Å². The molecule has 1 rings (SSSR count). The van der Waals surface area contributed by atoms with Gasteiger partial charge in [-0.2, -0.15) is 0 Å². The van der Waals surface area contributed by atoms with Crippen molar-refractivity contribution in [2.24, 2.45) is 0 Å². The zero-order chi connectivity index (χ0) is 12.7. The molecule has 0 bridgehead atoms. The van der Waals surface area contributed by atoms with Crippen molar-refractivity contribution in [3.8, 4) is 0 Å². The lowest BCUT2D eigenvalue weighted by Crippen LogP contribution is -2.27. The number of alkyl halides is 1. The van der Waals surface area contributed by atoms with Gasteiger partial charge in [-0.05, 0) is 18.2 Å². The van der Waals surface area contributed by atoms with Gasteiger partial charge in [-0.15, -0.1) is 0 Å². The summed E-state index contributed by atoms with van der Waals surface area (Å²) in [4.78, 5) is 0.243. The largest absolute Gasteiger partial charge is 0.379 e. The van der Waals surface area contributed by atoms with Crippen LogP contribution in [0.4, 0.5) is 0 Å². The molecule has 0 aliphatic heterocycles. The first-order valence-electron chi connectivity index (χ1n) is 4.95. The van der Waals surface area contributed by atoms with Gasteiger partial charge < -0.3 is 4.74 Å². The lowest BCUT2D eigenvalue weighted by molar-refractivity contribution is 0.156. The summed E-state index contributed by atoms with van der Waals surface area (Å²) in [5.74, 6) is 0. The normalized spacial score (nSPS) is 11.6. The number of ether oxygens (including phenoxy) is 1. The predicted molar refractivity (Wildman–Crippen MR) is 73.9 cm³/mol. The molecule has 0 amide bonds. The first-order valence-corrected chi connectivity index (χ1v) is 8.35. The number of benzene rings is 1. The standard InChI is InChI=1S/C10H13Br2NO3S/c11-4-6-16-7-5-13-17(14,15)10-3-1-2-9(12)8-10/h1-3,8,13H,4-7H2. The first-order chi connectivity index (χ1) is 8.06. The van der Waals surface area contributed by atoms with Crippen LogP contribution in [-0.2, 0) is 14.8 Å². The zero-order valence-corrected chi connectivity index (χ0v) is 13.0. The fourth-order valence-corrected chi connectivity index (χ4v) is 2.96. The van der Waals surface area contributed by atoms with Gasteiger partial charge in [0.25, 0.3) is 0 Å². The number of rotatable bonds is 7. The van der Waals surface area contributed by atoms with Gasteiger partial charge >= 0.3 is 0 Å². The number of nitrogens with one attached hydrogen (secondary N) is 1. The molecule has 0 atom stereocenters. The van der Waals surface area contributed by atoms with Crippen molar-refractivity contribution >= 4 is 41.9 Å². The van der Waals surface area contributed by atoms with E-state index in [1.807, 2.05) is 0 Å². The molecule has 0 saturated carbocycles. The quantitative estimate of drug-likeness (QED) is 0.577. The SMILES string of the molecule is O=S(=O)(NCCOCCBr)c1cccc(Br)c1. The number of hydrogen-bond acceptors (Lipinski definition) is 3. The maximum absolute atomic E-state index is 11.8. The Kier molecular flexibility index (Phi) is 6.65. The fourth-order valence-electron chi connectivity index (χ4n) is 1.12. The van der Waals surface area contributed by atoms with Gasteiger partial charge in [-0.1, -0.05) is 37.9 Å². The molecule has 0 aliphatic rings. The second-order valence-electron chi connectivity index (χ2n) is 3.16. The van der Waals surface area contributed by atoms with E-state index in [-0.39, 0.29) is 11.4 Å². The van der Waals surface area contributed by atoms with Crippen LogP contribution >= 0.6 is 31.9 Å². The summed E-state index contributed by atoms with van der Waals surface area (Å²) < 4.78 is 32.0. The van der Waals surface area contributed by atoms with Crippen molar-refractivity contribution < 1.29 is 13.2 Å². The van der Waals surface area contributed by atoms with Crippen molar-refractivity contribution in [2.45, 2.75) is 4.90 Å². The van der Waals surface area contributed by atoms with Crippen molar-refractivity contribution in [3.05, 3.63) is 28.7 Å². The molecule has 0 spiro atoms. The molecule has 0 aliphatic carbocycles. The summed E-state index contributed by atoms with van der Waals surface area (Å²) in [7, 11) is -3.44. The Labute approximate surface area is 118 Å². The Hall–Kier alpha value is 0.0500. The van der Waals surface area contributed by atoms with Crippen LogP contribution in [0.2, 0.25) is 0 Å². The van der Waals surface area contributed by atoms with Gasteiger partial charge in [0.05, 0.1) is 18.1 Å². The summed E-state index contributed by atoms with van der Waals surface area (Å²) in [5, 5.41) is 0.741. The van der Waals surface area contributed by atoms with Crippen LogP contribution in [0.1, 0.15) is 0 Å². The van der Waals surface area contributed by atoms with E-state index in [1.165, 1.54) is 0 Å². The van der Waals surface area contributed by atoms with E-state index in [4.69, 9.17) is 4.74 Å². The molecule has 96 valence electrons. The minimum atomic E-state index is -3.44. The predicted octanol–water partition coefficient (Wildman–Crippen LogP) is 2.14. The van der Waals surface area contributed by atoms with E-state index in [1.54, 1.807) is 24.3 Å². The average molecular weight is 387 g/mol. The van der Waals surface area contributed by atoms with Crippen LogP contribution in [-0.4, -0.2) is 33.5 Å². The zero-order valence-electron chi connectivity index (χ0n) is 9.03. The van der Waals surface area contributed by atoms with Gasteiger partial charge in [0, 0.05) is 16.3 Å². The van der Waals surface area contributed by atoms with Crippen LogP contribution in [0.25, 0.3) is 0 Å². The van der Waals surface area contributed by atoms with Crippen molar-refractivity contribution in [1.29, 1.82) is 0 Å². The van der Waals surface area contributed by atoms with Crippen LogP contribution in [0.15, 0.2) is 33.6 Å². The Morgan fingerprint density at radius 1 is 1.29 bits per heavy atom. The number of hydrogen-bond donors (Lipinski definition) is 1. The molecule has 0 heterocycles. The third-order valence-electron chi connectivity index (χ3n) is 1.87. The number of sulfonamides is 1. The number of halogens is 2. The molecular formula is C10H13Br2NO3S. The molecule has 0 aromatic heterocycles. The average Bonchev–Trinajstić information content (AvgIpc) is 2.29. The molecule has 0 fully saturated rings. The van der Waals surface area contributed by atoms with E-state index >= 15 is 0 Å². The lowest BCUT2D eigenvalue weighted by Gasteiger charge is -2.07. The molecule has 17 heavy (non-hydrogen) atoms. The second kappa shape index (κ2) is 7.48. The third-order valence-corrected chi connectivity index (χ3v) is 4.14. The minimum absolute atomic E-state index is 0.243. The van der Waals surface area contributed by atoms with Crippen LogP contribution < -0.4 is 4.72 Å². The summed E-state index contributed by atoms with van der Waals surface area (Å²) in [6.45, 7) is 1.19. The Morgan fingerprint density at radius 2 is 2.06 bits per heavy atom. The van der Waals surface area contributed by atoms with E-state index in [0.29, 0.717) is 13.2 Å². The highest BCUT2D eigenvalue weighted by Crippen LogP contribution is 2.15. The minimum Gasteiger partial charge on any atom is -0.379 e. The summed E-state index contributed by atoms with van der Waals surface area (Å²) in [5.41, 5.74) is 0. The molecule has 0 saturated heterocycles. The van der Waals surface area contributed by atoms with E-state index in [0.717, 1.165) is 9.80 Å².